The Labute approximate surface area is 174 Å². The number of thioether (sulfide) groups is 1. The molecule has 7 heteroatoms. The van der Waals surface area contributed by atoms with Gasteiger partial charge in [0.15, 0.2) is 0 Å². The first kappa shape index (κ1) is 20.6. The second kappa shape index (κ2) is 9.34. The Bertz CT molecular complexity index is 874. The molecule has 1 aliphatic rings. The Kier molecular flexibility index (Phi) is 6.86. The number of fused-ring (bicyclic) bond motifs is 1. The van der Waals surface area contributed by atoms with Crippen LogP contribution in [0.3, 0.4) is 0 Å². The monoisotopic (exact) mass is 417 g/mol. The highest BCUT2D eigenvalue weighted by Gasteiger charge is 2.29. The van der Waals surface area contributed by atoms with Crippen molar-refractivity contribution >= 4 is 46.6 Å². The molecule has 0 radical (unpaired) electrons. The number of rotatable bonds is 7. The minimum absolute atomic E-state index is 0.120. The Morgan fingerprint density at radius 3 is 2.86 bits per heavy atom. The maximum absolute atomic E-state index is 12.3. The van der Waals surface area contributed by atoms with Gasteiger partial charge in [-0.15, -0.1) is 11.8 Å². The van der Waals surface area contributed by atoms with Crippen LogP contribution in [0.4, 0.5) is 11.4 Å². The molecule has 2 N–H and O–H groups in total. The van der Waals surface area contributed by atoms with Crippen molar-refractivity contribution in [2.75, 3.05) is 29.9 Å². The molecule has 2 aromatic rings. The number of nitrogens with zero attached hydrogens (tertiary/aromatic N) is 1. The molecule has 5 nitrogen and oxygen atoms in total. The average Bonchev–Trinajstić information content (AvgIpc) is 2.66. The summed E-state index contributed by atoms with van der Waals surface area (Å²) in [5.74, 6) is -0.282. The predicted molar refractivity (Wildman–Crippen MR) is 116 cm³/mol. The molecule has 0 aliphatic carbocycles. The summed E-state index contributed by atoms with van der Waals surface area (Å²) in [5, 5.41) is 5.91. The fraction of sp³-hybridized carbons (Fsp3) is 0.333. The summed E-state index contributed by atoms with van der Waals surface area (Å²) in [6.07, 6.45) is 0.148. The van der Waals surface area contributed by atoms with Gasteiger partial charge in [-0.2, -0.15) is 0 Å². The van der Waals surface area contributed by atoms with E-state index in [-0.39, 0.29) is 18.2 Å². The lowest BCUT2D eigenvalue weighted by Gasteiger charge is -2.25. The first-order chi connectivity index (χ1) is 13.5. The first-order valence-electron chi connectivity index (χ1n) is 9.31. The van der Waals surface area contributed by atoms with Crippen molar-refractivity contribution in [3.8, 4) is 0 Å². The Morgan fingerprint density at radius 2 is 2.11 bits per heavy atom. The van der Waals surface area contributed by atoms with E-state index in [0.29, 0.717) is 17.3 Å². The van der Waals surface area contributed by atoms with E-state index in [9.17, 15) is 9.59 Å². The Hall–Kier alpha value is -2.18. The summed E-state index contributed by atoms with van der Waals surface area (Å²) in [6, 6.07) is 13.7. The molecule has 28 heavy (non-hydrogen) atoms. The van der Waals surface area contributed by atoms with Gasteiger partial charge in [0.1, 0.15) is 0 Å². The van der Waals surface area contributed by atoms with Crippen LogP contribution >= 0.6 is 23.4 Å². The lowest BCUT2D eigenvalue weighted by molar-refractivity contribution is -0.124. The summed E-state index contributed by atoms with van der Waals surface area (Å²) in [4.78, 5) is 27.8. The van der Waals surface area contributed by atoms with Crippen LogP contribution in [-0.2, 0) is 9.59 Å². The summed E-state index contributed by atoms with van der Waals surface area (Å²) in [5.41, 5.74) is 3.06. The highest BCUT2D eigenvalue weighted by molar-refractivity contribution is 8.01. The molecule has 1 heterocycles. The van der Waals surface area contributed by atoms with Gasteiger partial charge in [-0.3, -0.25) is 9.59 Å². The van der Waals surface area contributed by atoms with Crippen molar-refractivity contribution < 1.29 is 9.59 Å². The Balaban J connectivity index is 1.50. The van der Waals surface area contributed by atoms with Crippen LogP contribution in [0.25, 0.3) is 0 Å². The standard InChI is InChI=1S/C21H24ClN3O2S/c1-3-25(16-6-4-5-14(2)11-16)10-9-23-20(26)13-19-21(27)24-17-12-15(22)7-8-18(17)28-19/h4-8,11-12,19H,3,9-10,13H2,1-2H3,(H,23,26)(H,24,27). The minimum Gasteiger partial charge on any atom is -0.370 e. The number of carbonyl (C=O) groups is 2. The van der Waals surface area contributed by atoms with Crippen molar-refractivity contribution in [2.24, 2.45) is 0 Å². The summed E-state index contributed by atoms with van der Waals surface area (Å²) in [6.45, 7) is 6.28. The van der Waals surface area contributed by atoms with Gasteiger partial charge in [-0.25, -0.2) is 0 Å². The van der Waals surface area contributed by atoms with E-state index < -0.39 is 5.25 Å². The SMILES string of the molecule is CCN(CCNC(=O)CC1Sc2ccc(Cl)cc2NC1=O)c1cccc(C)c1. The van der Waals surface area contributed by atoms with Gasteiger partial charge >= 0.3 is 0 Å². The van der Waals surface area contributed by atoms with Gasteiger partial charge in [-0.05, 0) is 49.7 Å². The van der Waals surface area contributed by atoms with Gasteiger partial charge in [-0.1, -0.05) is 23.7 Å². The lowest BCUT2D eigenvalue weighted by Crippen LogP contribution is -2.38. The molecule has 148 valence electrons. The smallest absolute Gasteiger partial charge is 0.238 e. The number of aryl methyl sites for hydroxylation is 1. The van der Waals surface area contributed by atoms with Crippen LogP contribution in [0.5, 0.6) is 0 Å². The lowest BCUT2D eigenvalue weighted by atomic mass is 10.2. The van der Waals surface area contributed by atoms with Crippen LogP contribution < -0.4 is 15.5 Å². The number of nitrogens with one attached hydrogen (secondary N) is 2. The molecule has 0 aromatic heterocycles. The van der Waals surface area contributed by atoms with Crippen molar-refractivity contribution in [3.05, 3.63) is 53.1 Å². The fourth-order valence-electron chi connectivity index (χ4n) is 3.12. The van der Waals surface area contributed by atoms with Crippen LogP contribution in [0.2, 0.25) is 5.02 Å². The number of amides is 2. The zero-order valence-corrected chi connectivity index (χ0v) is 17.6. The molecule has 1 atom stereocenters. The number of carbonyl (C=O) groups excluding carboxylic acids is 2. The predicted octanol–water partition coefficient (Wildman–Crippen LogP) is 4.09. The normalized spacial score (nSPS) is 15.5. The van der Waals surface area contributed by atoms with Crippen molar-refractivity contribution in [2.45, 2.75) is 30.4 Å². The van der Waals surface area contributed by atoms with Crippen molar-refractivity contribution in [3.63, 3.8) is 0 Å². The van der Waals surface area contributed by atoms with E-state index in [1.54, 1.807) is 12.1 Å². The number of hydrogen-bond donors (Lipinski definition) is 2. The summed E-state index contributed by atoms with van der Waals surface area (Å²) >= 11 is 7.37. The number of halogens is 1. The topological polar surface area (TPSA) is 61.4 Å². The maximum Gasteiger partial charge on any atom is 0.238 e. The number of hydrogen-bond acceptors (Lipinski definition) is 4. The van der Waals surface area contributed by atoms with E-state index in [1.165, 1.54) is 17.3 Å². The summed E-state index contributed by atoms with van der Waals surface area (Å²) < 4.78 is 0. The molecule has 3 rings (SSSR count). The molecule has 2 aromatic carbocycles. The van der Waals surface area contributed by atoms with Gasteiger partial charge in [0.25, 0.3) is 0 Å². The van der Waals surface area contributed by atoms with E-state index in [0.717, 1.165) is 23.7 Å². The second-order valence-electron chi connectivity index (χ2n) is 6.71. The molecule has 2 amide bonds. The van der Waals surface area contributed by atoms with Crippen LogP contribution in [0.15, 0.2) is 47.4 Å². The van der Waals surface area contributed by atoms with Crippen molar-refractivity contribution in [1.82, 2.24) is 5.32 Å². The highest BCUT2D eigenvalue weighted by atomic mass is 35.5. The quantitative estimate of drug-likeness (QED) is 0.712. The van der Waals surface area contributed by atoms with Crippen molar-refractivity contribution in [1.29, 1.82) is 0 Å². The first-order valence-corrected chi connectivity index (χ1v) is 10.6. The summed E-state index contributed by atoms with van der Waals surface area (Å²) in [7, 11) is 0. The molecule has 0 bridgehead atoms. The number of anilines is 2. The highest BCUT2D eigenvalue weighted by Crippen LogP contribution is 2.38. The molecule has 0 fully saturated rings. The van der Waals surface area contributed by atoms with Crippen LogP contribution in [0, 0.1) is 6.92 Å². The maximum atomic E-state index is 12.3. The zero-order valence-electron chi connectivity index (χ0n) is 16.0. The van der Waals surface area contributed by atoms with Gasteiger partial charge in [0.2, 0.25) is 11.8 Å². The molecule has 1 unspecified atom stereocenters. The largest absolute Gasteiger partial charge is 0.370 e. The average molecular weight is 418 g/mol. The zero-order chi connectivity index (χ0) is 20.1. The molecule has 0 saturated heterocycles. The van der Waals surface area contributed by atoms with E-state index in [1.807, 2.05) is 12.1 Å². The van der Waals surface area contributed by atoms with Gasteiger partial charge in [0, 0.05) is 41.7 Å². The van der Waals surface area contributed by atoms with Gasteiger partial charge in [0.05, 0.1) is 10.9 Å². The van der Waals surface area contributed by atoms with E-state index in [2.05, 4.69) is 47.6 Å². The third-order valence-corrected chi connectivity index (χ3v) is 6.09. The van der Waals surface area contributed by atoms with E-state index in [4.69, 9.17) is 11.6 Å². The van der Waals surface area contributed by atoms with Crippen LogP contribution in [-0.4, -0.2) is 36.7 Å². The third-order valence-electron chi connectivity index (χ3n) is 4.58. The molecular formula is C21H24ClN3O2S. The van der Waals surface area contributed by atoms with Crippen LogP contribution in [0.1, 0.15) is 18.9 Å². The second-order valence-corrected chi connectivity index (χ2v) is 8.39. The Morgan fingerprint density at radius 1 is 1.29 bits per heavy atom. The molecule has 1 aliphatic heterocycles. The molecular weight excluding hydrogens is 394 g/mol. The molecule has 0 saturated carbocycles. The number of likely N-dealkylation sites (N-methyl/N-ethyl adjacent to an activating group) is 1. The number of benzene rings is 2. The fourth-order valence-corrected chi connectivity index (χ4v) is 4.39. The van der Waals surface area contributed by atoms with Gasteiger partial charge < -0.3 is 15.5 Å². The minimum atomic E-state index is -0.437. The van der Waals surface area contributed by atoms with E-state index >= 15 is 0 Å². The third kappa shape index (κ3) is 5.20. The molecule has 0 spiro atoms.